The number of nitrogens with zero attached hydrogens (tertiary/aromatic N) is 4. The van der Waals surface area contributed by atoms with Gasteiger partial charge in [0.05, 0.1) is 5.56 Å². The normalized spacial score (nSPS) is 11.3. The monoisotopic (exact) mass is 385 g/mol. The lowest BCUT2D eigenvalue weighted by Gasteiger charge is -2.10. The van der Waals surface area contributed by atoms with Crippen LogP contribution in [0.1, 0.15) is 5.69 Å². The zero-order valence-corrected chi connectivity index (χ0v) is 15.3. The summed E-state index contributed by atoms with van der Waals surface area (Å²) in [5, 5.41) is 4.65. The maximum absolute atomic E-state index is 13.4. The SMILES string of the molecule is Cc1cc(-c2c(-c3ccc(F)cc3)[nH+]c(N)n3c(=O)n(C)nc23)cc(Cl)n1. The molecule has 0 bridgehead atoms. The van der Waals surface area contributed by atoms with Gasteiger partial charge >= 0.3 is 11.6 Å². The molecule has 0 aliphatic carbocycles. The molecule has 0 saturated heterocycles. The average Bonchev–Trinajstić information content (AvgIpc) is 2.90. The molecule has 0 aliphatic heterocycles. The van der Waals surface area contributed by atoms with Crippen LogP contribution < -0.4 is 16.4 Å². The predicted molar refractivity (Wildman–Crippen MR) is 99.8 cm³/mol. The van der Waals surface area contributed by atoms with Gasteiger partial charge in [0.15, 0.2) is 0 Å². The van der Waals surface area contributed by atoms with Crippen molar-refractivity contribution in [2.75, 3.05) is 5.73 Å². The Morgan fingerprint density at radius 2 is 1.89 bits per heavy atom. The van der Waals surface area contributed by atoms with Crippen molar-refractivity contribution in [2.24, 2.45) is 7.05 Å². The number of pyridine rings is 1. The van der Waals surface area contributed by atoms with Gasteiger partial charge in [-0.15, -0.1) is 9.50 Å². The van der Waals surface area contributed by atoms with E-state index in [0.717, 1.165) is 0 Å². The topological polar surface area (TPSA) is 92.3 Å². The number of rotatable bonds is 2. The third kappa shape index (κ3) is 2.83. The minimum Gasteiger partial charge on any atom is -0.290 e. The summed E-state index contributed by atoms with van der Waals surface area (Å²) >= 11 is 6.15. The van der Waals surface area contributed by atoms with Crippen molar-refractivity contribution in [3.63, 3.8) is 0 Å². The van der Waals surface area contributed by atoms with E-state index in [1.165, 1.54) is 21.2 Å². The van der Waals surface area contributed by atoms with Gasteiger partial charge in [-0.1, -0.05) is 11.6 Å². The van der Waals surface area contributed by atoms with Crippen LogP contribution >= 0.6 is 11.6 Å². The van der Waals surface area contributed by atoms with Crippen LogP contribution in [0.15, 0.2) is 41.2 Å². The molecule has 0 aliphatic rings. The molecule has 3 heterocycles. The summed E-state index contributed by atoms with van der Waals surface area (Å²) in [6.45, 7) is 1.82. The van der Waals surface area contributed by atoms with Crippen molar-refractivity contribution < 1.29 is 9.37 Å². The summed E-state index contributed by atoms with van der Waals surface area (Å²) in [6, 6.07) is 9.46. The second-order valence-electron chi connectivity index (χ2n) is 6.15. The molecule has 3 aromatic heterocycles. The van der Waals surface area contributed by atoms with E-state index in [1.807, 2.05) is 13.0 Å². The maximum atomic E-state index is 13.4. The molecular weight excluding hydrogens is 371 g/mol. The van der Waals surface area contributed by atoms with E-state index in [-0.39, 0.29) is 17.5 Å². The number of aryl methyl sites for hydroxylation is 2. The molecule has 9 heteroatoms. The third-order valence-corrected chi connectivity index (χ3v) is 4.43. The molecule has 0 radical (unpaired) electrons. The summed E-state index contributed by atoms with van der Waals surface area (Å²) < 4.78 is 15.9. The molecule has 1 aromatic carbocycles. The zero-order valence-electron chi connectivity index (χ0n) is 14.5. The number of nitrogens with two attached hydrogens (primary N) is 1. The first-order valence-corrected chi connectivity index (χ1v) is 8.44. The minimum atomic E-state index is -0.387. The smallest absolute Gasteiger partial charge is 0.290 e. The van der Waals surface area contributed by atoms with E-state index >= 15 is 0 Å². The van der Waals surface area contributed by atoms with Crippen molar-refractivity contribution in [1.29, 1.82) is 0 Å². The van der Waals surface area contributed by atoms with Gasteiger partial charge in [0.1, 0.15) is 16.7 Å². The van der Waals surface area contributed by atoms with Crippen molar-refractivity contribution in [3.8, 4) is 22.4 Å². The molecule has 0 spiro atoms. The number of benzene rings is 1. The number of H-pyrrole nitrogens is 1. The van der Waals surface area contributed by atoms with E-state index < -0.39 is 0 Å². The first kappa shape index (κ1) is 17.2. The lowest BCUT2D eigenvalue weighted by atomic mass is 10.00. The number of anilines is 1. The number of halogens is 2. The number of nitrogens with one attached hydrogen (secondary N) is 1. The molecule has 0 saturated carbocycles. The lowest BCUT2D eigenvalue weighted by molar-refractivity contribution is -0.351. The third-order valence-electron chi connectivity index (χ3n) is 4.24. The van der Waals surface area contributed by atoms with Gasteiger partial charge in [0, 0.05) is 18.3 Å². The Bertz CT molecular complexity index is 1230. The highest BCUT2D eigenvalue weighted by Gasteiger charge is 2.25. The highest BCUT2D eigenvalue weighted by atomic mass is 35.5. The standard InChI is InChI=1S/C18H14ClFN6O/c1-9-7-11(8-13(19)22-9)14-15(10-3-5-12(20)6-4-10)23-17(21)26-16(14)24-25(2)18(26)27/h3-8H,1-2H3,(H2,21,23)/p+1. The number of aromatic nitrogens is 5. The number of aromatic amines is 1. The van der Waals surface area contributed by atoms with Crippen LogP contribution in [0, 0.1) is 12.7 Å². The van der Waals surface area contributed by atoms with Crippen LogP contribution in [0.3, 0.4) is 0 Å². The van der Waals surface area contributed by atoms with Crippen LogP contribution in [-0.2, 0) is 7.05 Å². The largest absolute Gasteiger partial charge is 0.411 e. The summed E-state index contributed by atoms with van der Waals surface area (Å²) in [4.78, 5) is 19.7. The van der Waals surface area contributed by atoms with Crippen LogP contribution in [0.2, 0.25) is 5.15 Å². The first-order valence-electron chi connectivity index (χ1n) is 8.06. The van der Waals surface area contributed by atoms with Gasteiger partial charge in [-0.2, -0.15) is 0 Å². The number of hydrogen-bond donors (Lipinski definition) is 1. The van der Waals surface area contributed by atoms with Gasteiger partial charge in [-0.3, -0.25) is 5.73 Å². The summed E-state index contributed by atoms with van der Waals surface area (Å²) in [5.41, 5.74) is 9.36. The molecule has 0 unspecified atom stereocenters. The predicted octanol–water partition coefficient (Wildman–Crippen LogP) is 2.26. The lowest BCUT2D eigenvalue weighted by Crippen LogP contribution is -2.26. The molecule has 4 aromatic rings. The fourth-order valence-electron chi connectivity index (χ4n) is 3.08. The molecule has 3 N–H and O–H groups in total. The Morgan fingerprint density at radius 3 is 2.56 bits per heavy atom. The Morgan fingerprint density at radius 1 is 1.19 bits per heavy atom. The van der Waals surface area contributed by atoms with Gasteiger partial charge < -0.3 is 0 Å². The van der Waals surface area contributed by atoms with Crippen LogP contribution in [0.25, 0.3) is 28.0 Å². The van der Waals surface area contributed by atoms with Crippen molar-refractivity contribution >= 4 is 23.2 Å². The van der Waals surface area contributed by atoms with Crippen molar-refractivity contribution in [2.45, 2.75) is 6.92 Å². The van der Waals surface area contributed by atoms with E-state index in [4.69, 9.17) is 17.3 Å². The molecule has 7 nitrogen and oxygen atoms in total. The number of nitrogen functional groups attached to an aromatic ring is 1. The highest BCUT2D eigenvalue weighted by Crippen LogP contribution is 2.33. The fraction of sp³-hybridized carbons (Fsp3) is 0.111. The Kier molecular flexibility index (Phi) is 3.92. The molecule has 0 fully saturated rings. The Labute approximate surface area is 157 Å². The number of fused-ring (bicyclic) bond motifs is 1. The van der Waals surface area contributed by atoms with Crippen molar-refractivity contribution in [1.82, 2.24) is 19.2 Å². The second kappa shape index (κ2) is 6.17. The van der Waals surface area contributed by atoms with E-state index in [9.17, 15) is 9.18 Å². The van der Waals surface area contributed by atoms with Crippen molar-refractivity contribution in [3.05, 3.63) is 63.5 Å². The summed E-state index contributed by atoms with van der Waals surface area (Å²) in [5.74, 6) is -0.241. The molecular formula is C18H15ClFN6O+. The average molecular weight is 386 g/mol. The quantitative estimate of drug-likeness (QED) is 0.536. The maximum Gasteiger partial charge on any atom is 0.411 e. The molecule has 4 rings (SSSR count). The second-order valence-corrected chi connectivity index (χ2v) is 6.54. The van der Waals surface area contributed by atoms with Crippen LogP contribution in [0.4, 0.5) is 10.3 Å². The van der Waals surface area contributed by atoms with E-state index in [1.54, 1.807) is 25.2 Å². The number of hydrogen-bond acceptors (Lipinski definition) is 4. The Hall–Kier alpha value is -3.26. The molecule has 27 heavy (non-hydrogen) atoms. The van der Waals surface area contributed by atoms with Crippen LogP contribution in [-0.4, -0.2) is 19.2 Å². The van der Waals surface area contributed by atoms with Gasteiger partial charge in [-0.05, 0) is 48.9 Å². The van der Waals surface area contributed by atoms with E-state index in [0.29, 0.717) is 38.9 Å². The Balaban J connectivity index is 2.17. The van der Waals surface area contributed by atoms with Gasteiger partial charge in [0.25, 0.3) is 0 Å². The summed E-state index contributed by atoms with van der Waals surface area (Å²) in [7, 11) is 1.54. The first-order chi connectivity index (χ1) is 12.8. The molecule has 0 amide bonds. The molecule has 0 atom stereocenters. The fourth-order valence-corrected chi connectivity index (χ4v) is 3.33. The summed E-state index contributed by atoms with van der Waals surface area (Å²) in [6.07, 6.45) is 0. The van der Waals surface area contributed by atoms with Gasteiger partial charge in [0.2, 0.25) is 5.65 Å². The van der Waals surface area contributed by atoms with Crippen LogP contribution in [0.5, 0.6) is 0 Å². The minimum absolute atomic E-state index is 0.114. The molecule has 136 valence electrons. The highest BCUT2D eigenvalue weighted by molar-refractivity contribution is 6.29. The zero-order chi connectivity index (χ0) is 19.3. The van der Waals surface area contributed by atoms with Gasteiger partial charge in [-0.25, -0.2) is 23.8 Å². The van der Waals surface area contributed by atoms with E-state index in [2.05, 4.69) is 15.1 Å².